The molecule has 1 fully saturated rings. The smallest absolute Gasteiger partial charge is 0.243 e. The lowest BCUT2D eigenvalue weighted by Gasteiger charge is -2.32. The molecule has 108 valence electrons. The van der Waals surface area contributed by atoms with Crippen LogP contribution in [0.25, 0.3) is 0 Å². The van der Waals surface area contributed by atoms with E-state index in [1.807, 2.05) is 6.07 Å². The quantitative estimate of drug-likeness (QED) is 0.912. The standard InChI is InChI=1S/C12H15N3O3S2/c1-20(17,18)15-6-3-2-4-10(15)11(16)14-12-9(8-13)5-7-19-12/h5,7,10H,2-4,6H2,1H3,(H,14,16)/t10-/m0/s1. The van der Waals surface area contributed by atoms with E-state index in [0.29, 0.717) is 23.5 Å². The van der Waals surface area contributed by atoms with Gasteiger partial charge in [0.1, 0.15) is 17.1 Å². The van der Waals surface area contributed by atoms with Gasteiger partial charge in [-0.05, 0) is 24.3 Å². The molecule has 0 aliphatic carbocycles. The van der Waals surface area contributed by atoms with Crippen molar-refractivity contribution in [2.75, 3.05) is 18.1 Å². The lowest BCUT2D eigenvalue weighted by Crippen LogP contribution is -2.49. The van der Waals surface area contributed by atoms with E-state index < -0.39 is 16.1 Å². The van der Waals surface area contributed by atoms with Crippen molar-refractivity contribution in [3.63, 3.8) is 0 Å². The summed E-state index contributed by atoms with van der Waals surface area (Å²) in [6.45, 7) is 0.368. The topological polar surface area (TPSA) is 90.3 Å². The number of amides is 1. The molecule has 2 rings (SSSR count). The van der Waals surface area contributed by atoms with Crippen LogP contribution in [0.1, 0.15) is 24.8 Å². The molecule has 6 nitrogen and oxygen atoms in total. The highest BCUT2D eigenvalue weighted by molar-refractivity contribution is 7.88. The maximum absolute atomic E-state index is 12.3. The number of carbonyl (C=O) groups is 1. The summed E-state index contributed by atoms with van der Waals surface area (Å²) in [5.41, 5.74) is 0.394. The van der Waals surface area contributed by atoms with Crippen LogP contribution in [0.15, 0.2) is 11.4 Å². The molecule has 1 aliphatic rings. The maximum Gasteiger partial charge on any atom is 0.243 e. The number of sulfonamides is 1. The molecule has 0 radical (unpaired) electrons. The van der Waals surface area contributed by atoms with Gasteiger partial charge in [-0.25, -0.2) is 8.42 Å². The van der Waals surface area contributed by atoms with Crippen LogP contribution < -0.4 is 5.32 Å². The van der Waals surface area contributed by atoms with Crippen molar-refractivity contribution >= 4 is 32.3 Å². The minimum Gasteiger partial charge on any atom is -0.315 e. The number of rotatable bonds is 3. The van der Waals surface area contributed by atoms with Gasteiger partial charge in [-0.3, -0.25) is 4.79 Å². The molecular weight excluding hydrogens is 298 g/mol. The van der Waals surface area contributed by atoms with Gasteiger partial charge in [-0.15, -0.1) is 11.3 Å². The van der Waals surface area contributed by atoms with Crippen molar-refractivity contribution < 1.29 is 13.2 Å². The van der Waals surface area contributed by atoms with Gasteiger partial charge < -0.3 is 5.32 Å². The van der Waals surface area contributed by atoms with E-state index in [9.17, 15) is 13.2 Å². The zero-order valence-electron chi connectivity index (χ0n) is 11.0. The molecule has 1 aliphatic heterocycles. The summed E-state index contributed by atoms with van der Waals surface area (Å²) < 4.78 is 24.7. The number of thiophene rings is 1. The molecule has 0 unspecified atom stereocenters. The Morgan fingerprint density at radius 1 is 1.55 bits per heavy atom. The second-order valence-electron chi connectivity index (χ2n) is 4.65. The minimum absolute atomic E-state index is 0.367. The van der Waals surface area contributed by atoms with Crippen molar-refractivity contribution in [2.24, 2.45) is 0 Å². The van der Waals surface area contributed by atoms with Gasteiger partial charge in [-0.1, -0.05) is 6.42 Å². The van der Waals surface area contributed by atoms with E-state index in [1.54, 1.807) is 11.4 Å². The molecule has 0 spiro atoms. The van der Waals surface area contributed by atoms with Gasteiger partial charge in [-0.2, -0.15) is 9.57 Å². The second-order valence-corrected chi connectivity index (χ2v) is 7.50. The van der Waals surface area contributed by atoms with E-state index >= 15 is 0 Å². The highest BCUT2D eigenvalue weighted by Crippen LogP contribution is 2.25. The first-order valence-electron chi connectivity index (χ1n) is 6.19. The molecule has 1 aromatic rings. The van der Waals surface area contributed by atoms with E-state index in [1.165, 1.54) is 15.6 Å². The highest BCUT2D eigenvalue weighted by Gasteiger charge is 2.34. The van der Waals surface area contributed by atoms with E-state index in [4.69, 9.17) is 5.26 Å². The number of hydrogen-bond donors (Lipinski definition) is 1. The molecule has 8 heteroatoms. The number of anilines is 1. The van der Waals surface area contributed by atoms with Crippen molar-refractivity contribution in [3.05, 3.63) is 17.0 Å². The van der Waals surface area contributed by atoms with Crippen molar-refractivity contribution in [2.45, 2.75) is 25.3 Å². The molecule has 1 aromatic heterocycles. The molecule has 0 bridgehead atoms. The third kappa shape index (κ3) is 3.17. The fourth-order valence-corrected chi connectivity index (χ4v) is 4.12. The minimum atomic E-state index is -3.40. The second kappa shape index (κ2) is 5.91. The van der Waals surface area contributed by atoms with Crippen LogP contribution in [0, 0.1) is 11.3 Å². The van der Waals surface area contributed by atoms with Crippen LogP contribution in [0.5, 0.6) is 0 Å². The van der Waals surface area contributed by atoms with Crippen molar-refractivity contribution in [1.29, 1.82) is 5.26 Å². The zero-order chi connectivity index (χ0) is 14.8. The molecule has 1 N–H and O–H groups in total. The number of nitrogens with zero attached hydrogens (tertiary/aromatic N) is 2. The first-order chi connectivity index (χ1) is 9.43. The molecule has 1 saturated heterocycles. The Morgan fingerprint density at radius 2 is 2.30 bits per heavy atom. The molecule has 0 aromatic carbocycles. The fourth-order valence-electron chi connectivity index (χ4n) is 2.25. The van der Waals surface area contributed by atoms with Gasteiger partial charge >= 0.3 is 0 Å². The highest BCUT2D eigenvalue weighted by atomic mass is 32.2. The first-order valence-corrected chi connectivity index (χ1v) is 8.91. The van der Waals surface area contributed by atoms with Crippen LogP contribution in [-0.4, -0.2) is 37.5 Å². The fraction of sp³-hybridized carbons (Fsp3) is 0.500. The first kappa shape index (κ1) is 15.0. The monoisotopic (exact) mass is 313 g/mol. The summed E-state index contributed by atoms with van der Waals surface area (Å²) in [6, 6.07) is 2.92. The Kier molecular flexibility index (Phi) is 4.42. The third-order valence-corrected chi connectivity index (χ3v) is 5.32. The van der Waals surface area contributed by atoms with Crippen LogP contribution in [0.3, 0.4) is 0 Å². The Morgan fingerprint density at radius 3 is 2.95 bits per heavy atom. The summed E-state index contributed by atoms with van der Waals surface area (Å²) in [7, 11) is -3.40. The predicted octanol–water partition coefficient (Wildman–Crippen LogP) is 1.37. The average molecular weight is 313 g/mol. The molecule has 1 amide bonds. The Bertz CT molecular complexity index is 645. The van der Waals surface area contributed by atoms with Gasteiger partial charge in [0, 0.05) is 6.54 Å². The lowest BCUT2D eigenvalue weighted by atomic mass is 10.0. The number of hydrogen-bond acceptors (Lipinski definition) is 5. The molecular formula is C12H15N3O3S2. The zero-order valence-corrected chi connectivity index (χ0v) is 12.6. The largest absolute Gasteiger partial charge is 0.315 e. The SMILES string of the molecule is CS(=O)(=O)N1CCCC[C@H]1C(=O)Nc1sccc1C#N. The Hall–Kier alpha value is -1.43. The third-order valence-electron chi connectivity index (χ3n) is 3.20. The summed E-state index contributed by atoms with van der Waals surface area (Å²) >= 11 is 1.25. The average Bonchev–Trinajstić information content (AvgIpc) is 2.85. The van der Waals surface area contributed by atoms with Gasteiger partial charge in [0.05, 0.1) is 11.8 Å². The number of carbonyl (C=O) groups excluding carboxylic acids is 1. The summed E-state index contributed by atoms with van der Waals surface area (Å²) in [4.78, 5) is 12.3. The number of nitrogens with one attached hydrogen (secondary N) is 1. The number of nitriles is 1. The van der Waals surface area contributed by atoms with E-state index in [-0.39, 0.29) is 5.91 Å². The molecule has 2 heterocycles. The summed E-state index contributed by atoms with van der Waals surface area (Å²) in [5, 5.41) is 13.8. The Balaban J connectivity index is 2.17. The summed E-state index contributed by atoms with van der Waals surface area (Å²) in [6.07, 6.45) is 3.20. The normalized spacial score (nSPS) is 20.3. The van der Waals surface area contributed by atoms with Crippen LogP contribution >= 0.6 is 11.3 Å². The Labute approximate surface area is 122 Å². The molecule has 0 saturated carbocycles. The van der Waals surface area contributed by atoms with Crippen molar-refractivity contribution in [3.8, 4) is 6.07 Å². The maximum atomic E-state index is 12.3. The molecule has 1 atom stereocenters. The van der Waals surface area contributed by atoms with E-state index in [0.717, 1.165) is 19.1 Å². The lowest BCUT2D eigenvalue weighted by molar-refractivity contribution is -0.120. The number of piperidine rings is 1. The van der Waals surface area contributed by atoms with Crippen molar-refractivity contribution in [1.82, 2.24) is 4.31 Å². The van der Waals surface area contributed by atoms with Gasteiger partial charge in [0.2, 0.25) is 15.9 Å². The van der Waals surface area contributed by atoms with Gasteiger partial charge in [0.25, 0.3) is 0 Å². The molecule has 20 heavy (non-hydrogen) atoms. The van der Waals surface area contributed by atoms with Crippen LogP contribution in [-0.2, 0) is 14.8 Å². The predicted molar refractivity (Wildman–Crippen MR) is 76.9 cm³/mol. The summed E-state index contributed by atoms with van der Waals surface area (Å²) in [5.74, 6) is -0.367. The van der Waals surface area contributed by atoms with Crippen LogP contribution in [0.4, 0.5) is 5.00 Å². The van der Waals surface area contributed by atoms with Crippen LogP contribution in [0.2, 0.25) is 0 Å². The van der Waals surface area contributed by atoms with Gasteiger partial charge in [0.15, 0.2) is 0 Å². The van der Waals surface area contributed by atoms with E-state index in [2.05, 4.69) is 5.32 Å².